The van der Waals surface area contributed by atoms with Gasteiger partial charge < -0.3 is 4.90 Å². The Kier molecular flexibility index (Phi) is 6.43. The van der Waals surface area contributed by atoms with Crippen LogP contribution in [0, 0.1) is 6.92 Å². The second kappa shape index (κ2) is 10.6. The van der Waals surface area contributed by atoms with Crippen molar-refractivity contribution in [2.45, 2.75) is 26.2 Å². The number of rotatable bonds is 5. The SMILES string of the molecule is Cc1ccc(N(c2ccc(-c3ccccc3-c3ccccc3)cc2)c2c3c(cc4ccccc24)C(C)(C)c2ccccc2-3)cc1. The number of hydrogen-bond donors (Lipinski definition) is 0. The van der Waals surface area contributed by atoms with E-state index in [1.807, 2.05) is 0 Å². The Balaban J connectivity index is 1.37. The Morgan fingerprint density at radius 2 is 1.00 bits per heavy atom. The summed E-state index contributed by atoms with van der Waals surface area (Å²) in [6.07, 6.45) is 0. The summed E-state index contributed by atoms with van der Waals surface area (Å²) < 4.78 is 0. The highest BCUT2D eigenvalue weighted by Crippen LogP contribution is 2.56. The number of benzene rings is 7. The number of nitrogens with zero attached hydrogens (tertiary/aromatic N) is 1. The molecule has 0 bridgehead atoms. The lowest BCUT2D eigenvalue weighted by molar-refractivity contribution is 0.661. The maximum Gasteiger partial charge on any atom is 0.0621 e. The summed E-state index contributed by atoms with van der Waals surface area (Å²) in [5, 5.41) is 2.51. The number of anilines is 3. The molecule has 1 aliphatic carbocycles. The minimum Gasteiger partial charge on any atom is -0.309 e. The number of fused-ring (bicyclic) bond motifs is 4. The fourth-order valence-corrected chi connectivity index (χ4v) is 7.21. The van der Waals surface area contributed by atoms with Gasteiger partial charge in [0, 0.05) is 27.7 Å². The molecule has 0 N–H and O–H groups in total. The zero-order chi connectivity index (χ0) is 30.5. The summed E-state index contributed by atoms with van der Waals surface area (Å²) in [7, 11) is 0. The molecule has 0 amide bonds. The molecule has 7 aromatic rings. The molecular formula is C44H35N. The van der Waals surface area contributed by atoms with Crippen LogP contribution in [0.2, 0.25) is 0 Å². The molecule has 1 nitrogen and oxygen atoms in total. The third-order valence-electron chi connectivity index (χ3n) is 9.53. The second-order valence-electron chi connectivity index (χ2n) is 12.7. The molecule has 0 aromatic heterocycles. The fraction of sp³-hybridized carbons (Fsp3) is 0.0909. The lowest BCUT2D eigenvalue weighted by Gasteiger charge is -2.30. The molecule has 0 unspecified atom stereocenters. The van der Waals surface area contributed by atoms with Gasteiger partial charge in [-0.15, -0.1) is 0 Å². The molecule has 0 spiro atoms. The minimum absolute atomic E-state index is 0.103. The van der Waals surface area contributed by atoms with Gasteiger partial charge in [0.15, 0.2) is 0 Å². The molecule has 0 aliphatic heterocycles. The van der Waals surface area contributed by atoms with Gasteiger partial charge >= 0.3 is 0 Å². The van der Waals surface area contributed by atoms with E-state index in [9.17, 15) is 0 Å². The summed E-state index contributed by atoms with van der Waals surface area (Å²) >= 11 is 0. The summed E-state index contributed by atoms with van der Waals surface area (Å²) in [6, 6.07) is 57.7. The van der Waals surface area contributed by atoms with E-state index in [1.165, 1.54) is 66.5 Å². The van der Waals surface area contributed by atoms with Gasteiger partial charge in [-0.2, -0.15) is 0 Å². The van der Waals surface area contributed by atoms with Crippen LogP contribution in [0.15, 0.2) is 158 Å². The van der Waals surface area contributed by atoms with Crippen molar-refractivity contribution in [3.05, 3.63) is 174 Å². The Morgan fingerprint density at radius 1 is 0.467 bits per heavy atom. The predicted molar refractivity (Wildman–Crippen MR) is 192 cm³/mol. The number of aryl methyl sites for hydroxylation is 1. The first-order chi connectivity index (χ1) is 22.0. The first kappa shape index (κ1) is 27.2. The molecule has 1 heteroatoms. The van der Waals surface area contributed by atoms with Crippen LogP contribution < -0.4 is 4.90 Å². The second-order valence-corrected chi connectivity index (χ2v) is 12.7. The minimum atomic E-state index is -0.103. The van der Waals surface area contributed by atoms with Crippen molar-refractivity contribution < 1.29 is 0 Å². The van der Waals surface area contributed by atoms with Crippen LogP contribution in [0.25, 0.3) is 44.2 Å². The van der Waals surface area contributed by atoms with E-state index >= 15 is 0 Å². The van der Waals surface area contributed by atoms with Crippen LogP contribution in [-0.4, -0.2) is 0 Å². The first-order valence-corrected chi connectivity index (χ1v) is 15.8. The highest BCUT2D eigenvalue weighted by molar-refractivity contribution is 6.09. The van der Waals surface area contributed by atoms with Crippen LogP contribution in [-0.2, 0) is 5.41 Å². The molecule has 7 aromatic carbocycles. The highest BCUT2D eigenvalue weighted by Gasteiger charge is 2.38. The zero-order valence-corrected chi connectivity index (χ0v) is 26.0. The summed E-state index contributed by atoms with van der Waals surface area (Å²) in [4.78, 5) is 2.48. The van der Waals surface area contributed by atoms with E-state index in [1.54, 1.807) is 0 Å². The van der Waals surface area contributed by atoms with E-state index in [2.05, 4.69) is 183 Å². The molecule has 1 aliphatic rings. The topological polar surface area (TPSA) is 3.24 Å². The van der Waals surface area contributed by atoms with Crippen LogP contribution in [0.4, 0.5) is 17.1 Å². The quantitative estimate of drug-likeness (QED) is 0.197. The third-order valence-corrected chi connectivity index (χ3v) is 9.53. The van der Waals surface area contributed by atoms with Gasteiger partial charge in [0.2, 0.25) is 0 Å². The summed E-state index contributed by atoms with van der Waals surface area (Å²) in [5.74, 6) is 0. The summed E-state index contributed by atoms with van der Waals surface area (Å²) in [6.45, 7) is 6.89. The Morgan fingerprint density at radius 3 is 1.69 bits per heavy atom. The maximum absolute atomic E-state index is 2.48. The number of hydrogen-bond acceptors (Lipinski definition) is 1. The van der Waals surface area contributed by atoms with Gasteiger partial charge in [-0.1, -0.05) is 147 Å². The molecule has 0 fully saturated rings. The van der Waals surface area contributed by atoms with Crippen LogP contribution in [0.5, 0.6) is 0 Å². The van der Waals surface area contributed by atoms with Gasteiger partial charge in [-0.05, 0) is 81.6 Å². The largest absolute Gasteiger partial charge is 0.309 e. The zero-order valence-electron chi connectivity index (χ0n) is 26.0. The molecule has 45 heavy (non-hydrogen) atoms. The average molecular weight is 578 g/mol. The molecular weight excluding hydrogens is 542 g/mol. The Labute approximate surface area is 266 Å². The van der Waals surface area contributed by atoms with Gasteiger partial charge in [0.05, 0.1) is 5.69 Å². The molecule has 0 heterocycles. The molecule has 0 saturated carbocycles. The van der Waals surface area contributed by atoms with Gasteiger partial charge in [-0.25, -0.2) is 0 Å². The molecule has 0 radical (unpaired) electrons. The van der Waals surface area contributed by atoms with Crippen LogP contribution >= 0.6 is 0 Å². The van der Waals surface area contributed by atoms with E-state index in [4.69, 9.17) is 0 Å². The fourth-order valence-electron chi connectivity index (χ4n) is 7.21. The molecule has 8 rings (SSSR count). The standard InChI is InChI=1S/C44H35N/c1-30-21-25-34(26-22-30)45(35-27-23-32(24-28-35)37-17-10-9-16-36(37)31-13-5-4-6-14-31)43-38-18-8-7-15-33(38)29-41-42(43)39-19-11-12-20-40(39)44(41,2)3/h4-29H,1-3H3. The smallest absolute Gasteiger partial charge is 0.0621 e. The van der Waals surface area contributed by atoms with Gasteiger partial charge in [-0.3, -0.25) is 0 Å². The van der Waals surface area contributed by atoms with Crippen LogP contribution in [0.1, 0.15) is 30.5 Å². The average Bonchev–Trinajstić information content (AvgIpc) is 3.32. The van der Waals surface area contributed by atoms with Crippen LogP contribution in [0.3, 0.4) is 0 Å². The van der Waals surface area contributed by atoms with Crippen molar-refractivity contribution in [2.24, 2.45) is 0 Å². The van der Waals surface area contributed by atoms with Crippen molar-refractivity contribution >= 4 is 27.8 Å². The first-order valence-electron chi connectivity index (χ1n) is 15.8. The van der Waals surface area contributed by atoms with E-state index < -0.39 is 0 Å². The lowest BCUT2D eigenvalue weighted by Crippen LogP contribution is -2.16. The van der Waals surface area contributed by atoms with Gasteiger partial charge in [0.25, 0.3) is 0 Å². The van der Waals surface area contributed by atoms with Crippen molar-refractivity contribution in [3.63, 3.8) is 0 Å². The van der Waals surface area contributed by atoms with E-state index in [0.717, 1.165) is 11.4 Å². The predicted octanol–water partition coefficient (Wildman–Crippen LogP) is 12.3. The van der Waals surface area contributed by atoms with Crippen molar-refractivity contribution in [1.82, 2.24) is 0 Å². The highest BCUT2D eigenvalue weighted by atomic mass is 15.1. The van der Waals surface area contributed by atoms with Crippen molar-refractivity contribution in [2.75, 3.05) is 4.90 Å². The normalized spacial score (nSPS) is 13.0. The maximum atomic E-state index is 2.48. The molecule has 0 saturated heterocycles. The molecule has 216 valence electrons. The Bertz CT molecular complexity index is 2170. The van der Waals surface area contributed by atoms with E-state index in [-0.39, 0.29) is 5.41 Å². The van der Waals surface area contributed by atoms with Crippen molar-refractivity contribution in [1.29, 1.82) is 0 Å². The third kappa shape index (κ3) is 4.47. The van der Waals surface area contributed by atoms with Crippen molar-refractivity contribution in [3.8, 4) is 33.4 Å². The molecule has 0 atom stereocenters. The van der Waals surface area contributed by atoms with Gasteiger partial charge in [0.1, 0.15) is 0 Å². The Hall–Kier alpha value is -5.40. The lowest BCUT2D eigenvalue weighted by atomic mass is 9.81. The van der Waals surface area contributed by atoms with E-state index in [0.29, 0.717) is 0 Å². The summed E-state index contributed by atoms with van der Waals surface area (Å²) in [5.41, 5.74) is 15.0. The monoisotopic (exact) mass is 577 g/mol.